The van der Waals surface area contributed by atoms with Gasteiger partial charge in [-0.15, -0.1) is 13.2 Å². The summed E-state index contributed by atoms with van der Waals surface area (Å²) >= 11 is 0. The number of hydrogen-bond acceptors (Lipinski definition) is 4. The molecule has 114 valence electrons. The lowest BCUT2D eigenvalue weighted by Gasteiger charge is -2.13. The quantitative estimate of drug-likeness (QED) is 0.878. The number of nitrogens with two attached hydrogens (primary N) is 1. The topological polar surface area (TPSA) is 68.3 Å². The number of nitrogens with zero attached hydrogens (tertiary/aromatic N) is 1. The Morgan fingerprint density at radius 3 is 2.23 bits per heavy atom. The van der Waals surface area contributed by atoms with Crippen LogP contribution in [-0.4, -0.2) is 13.5 Å². The zero-order valence-corrected chi connectivity index (χ0v) is 11.4. The molecule has 0 heterocycles. The molecule has 0 aliphatic rings. The summed E-state index contributed by atoms with van der Waals surface area (Å²) in [6, 6.07) is 10.4. The molecule has 0 fully saturated rings. The summed E-state index contributed by atoms with van der Waals surface area (Å²) < 4.78 is 46.0. The molecule has 4 nitrogen and oxygen atoms in total. The molecule has 0 saturated carbocycles. The molecule has 0 aliphatic heterocycles. The Balaban J connectivity index is 2.53. The Kier molecular flexibility index (Phi) is 4.13. The van der Waals surface area contributed by atoms with Crippen LogP contribution in [0.2, 0.25) is 0 Å². The van der Waals surface area contributed by atoms with Gasteiger partial charge in [0.1, 0.15) is 17.6 Å². The summed E-state index contributed by atoms with van der Waals surface area (Å²) in [5.74, 6) is 0.0922. The van der Waals surface area contributed by atoms with Crippen LogP contribution in [-0.2, 0) is 0 Å². The van der Waals surface area contributed by atoms with Crippen molar-refractivity contribution in [3.05, 3.63) is 42.0 Å². The highest BCUT2D eigenvalue weighted by atomic mass is 19.4. The molecule has 22 heavy (non-hydrogen) atoms. The van der Waals surface area contributed by atoms with E-state index in [-0.39, 0.29) is 16.8 Å². The number of nitrogen functional groups attached to an aromatic ring is 1. The monoisotopic (exact) mass is 308 g/mol. The number of benzene rings is 2. The van der Waals surface area contributed by atoms with Gasteiger partial charge in [-0.25, -0.2) is 0 Å². The van der Waals surface area contributed by atoms with Crippen LogP contribution in [0.4, 0.5) is 18.9 Å². The van der Waals surface area contributed by atoms with E-state index < -0.39 is 12.1 Å². The van der Waals surface area contributed by atoms with Gasteiger partial charge in [-0.1, -0.05) is 12.1 Å². The highest BCUT2D eigenvalue weighted by Crippen LogP contribution is 2.35. The average Bonchev–Trinajstić information content (AvgIpc) is 2.47. The minimum Gasteiger partial charge on any atom is -0.497 e. The van der Waals surface area contributed by atoms with Crippen LogP contribution in [0.15, 0.2) is 36.4 Å². The maximum absolute atomic E-state index is 12.4. The smallest absolute Gasteiger partial charge is 0.497 e. The van der Waals surface area contributed by atoms with Crippen LogP contribution >= 0.6 is 0 Å². The zero-order chi connectivity index (χ0) is 16.3. The fourth-order valence-electron chi connectivity index (χ4n) is 1.92. The largest absolute Gasteiger partial charge is 0.573 e. The first kappa shape index (κ1) is 15.5. The molecule has 0 aromatic heterocycles. The molecular formula is C15H11F3N2O2. The summed E-state index contributed by atoms with van der Waals surface area (Å²) in [6.45, 7) is 0. The summed E-state index contributed by atoms with van der Waals surface area (Å²) in [5, 5.41) is 9.01. The highest BCUT2D eigenvalue weighted by molar-refractivity contribution is 5.82. The van der Waals surface area contributed by atoms with E-state index in [9.17, 15) is 13.2 Å². The predicted octanol–water partition coefficient (Wildman–Crippen LogP) is 3.71. The van der Waals surface area contributed by atoms with E-state index in [1.54, 1.807) is 30.3 Å². The molecule has 0 amide bonds. The van der Waals surface area contributed by atoms with Crippen molar-refractivity contribution in [1.29, 1.82) is 5.26 Å². The second kappa shape index (κ2) is 5.85. The van der Waals surface area contributed by atoms with Crippen molar-refractivity contribution in [1.82, 2.24) is 0 Å². The fourth-order valence-corrected chi connectivity index (χ4v) is 1.92. The number of hydrogen-bond donors (Lipinski definition) is 1. The summed E-state index contributed by atoms with van der Waals surface area (Å²) in [5.41, 5.74) is 6.66. The van der Waals surface area contributed by atoms with Crippen LogP contribution < -0.4 is 15.2 Å². The Morgan fingerprint density at radius 2 is 1.73 bits per heavy atom. The lowest BCUT2D eigenvalue weighted by atomic mass is 10.00. The molecule has 2 rings (SSSR count). The highest BCUT2D eigenvalue weighted by Gasteiger charge is 2.31. The number of alkyl halides is 3. The van der Waals surface area contributed by atoms with Crippen LogP contribution in [0.25, 0.3) is 11.1 Å². The first-order valence-electron chi connectivity index (χ1n) is 6.08. The van der Waals surface area contributed by atoms with Crippen molar-refractivity contribution in [2.75, 3.05) is 12.8 Å². The Morgan fingerprint density at radius 1 is 1.09 bits per heavy atom. The van der Waals surface area contributed by atoms with Crippen molar-refractivity contribution in [3.63, 3.8) is 0 Å². The Bertz CT molecular complexity index is 719. The van der Waals surface area contributed by atoms with Crippen molar-refractivity contribution >= 4 is 5.69 Å². The van der Waals surface area contributed by atoms with Gasteiger partial charge in [0.15, 0.2) is 0 Å². The van der Waals surface area contributed by atoms with E-state index in [4.69, 9.17) is 15.7 Å². The molecule has 0 atom stereocenters. The summed E-state index contributed by atoms with van der Waals surface area (Å²) in [4.78, 5) is 0. The third-order valence-electron chi connectivity index (χ3n) is 2.91. The summed E-state index contributed by atoms with van der Waals surface area (Å²) in [6.07, 6.45) is -4.85. The second-order valence-electron chi connectivity index (χ2n) is 4.32. The van der Waals surface area contributed by atoms with Gasteiger partial charge < -0.3 is 15.2 Å². The number of methoxy groups -OCH3 is 1. The first-order chi connectivity index (χ1) is 10.3. The molecular weight excluding hydrogens is 297 g/mol. The van der Waals surface area contributed by atoms with Gasteiger partial charge in [-0.2, -0.15) is 5.26 Å². The number of nitriles is 1. The molecule has 0 unspecified atom stereocenters. The maximum Gasteiger partial charge on any atom is 0.573 e. The van der Waals surface area contributed by atoms with Crippen molar-refractivity contribution < 1.29 is 22.6 Å². The lowest BCUT2D eigenvalue weighted by molar-refractivity contribution is -0.274. The van der Waals surface area contributed by atoms with E-state index in [2.05, 4.69) is 4.74 Å². The minimum absolute atomic E-state index is 0.0854. The van der Waals surface area contributed by atoms with Crippen molar-refractivity contribution in [2.45, 2.75) is 6.36 Å². The van der Waals surface area contributed by atoms with Gasteiger partial charge in [-0.3, -0.25) is 0 Å². The SMILES string of the molecule is COc1ccc(-c2cc(OC(F)(F)F)cc(C#N)c2N)cc1. The lowest BCUT2D eigenvalue weighted by Crippen LogP contribution is -2.17. The normalized spacial score (nSPS) is 10.9. The first-order valence-corrected chi connectivity index (χ1v) is 6.08. The van der Waals surface area contributed by atoms with Gasteiger partial charge in [0, 0.05) is 11.6 Å². The van der Waals surface area contributed by atoms with Gasteiger partial charge >= 0.3 is 6.36 Å². The third kappa shape index (κ3) is 3.41. The number of halogens is 3. The van der Waals surface area contributed by atoms with Crippen LogP contribution in [0.1, 0.15) is 5.56 Å². The van der Waals surface area contributed by atoms with E-state index in [1.165, 1.54) is 7.11 Å². The molecule has 0 spiro atoms. The molecule has 0 aliphatic carbocycles. The van der Waals surface area contributed by atoms with E-state index >= 15 is 0 Å². The number of ether oxygens (including phenoxy) is 2. The Hall–Kier alpha value is -2.88. The van der Waals surface area contributed by atoms with Crippen LogP contribution in [0.3, 0.4) is 0 Å². The summed E-state index contributed by atoms with van der Waals surface area (Å²) in [7, 11) is 1.49. The van der Waals surface area contributed by atoms with Crippen molar-refractivity contribution in [3.8, 4) is 28.7 Å². The molecule has 2 aromatic rings. The van der Waals surface area contributed by atoms with Gasteiger partial charge in [0.05, 0.1) is 18.4 Å². The van der Waals surface area contributed by atoms with E-state index in [0.717, 1.165) is 12.1 Å². The number of anilines is 1. The number of rotatable bonds is 3. The fraction of sp³-hybridized carbons (Fsp3) is 0.133. The average molecular weight is 308 g/mol. The molecule has 0 saturated heterocycles. The van der Waals surface area contributed by atoms with E-state index in [0.29, 0.717) is 11.3 Å². The third-order valence-corrected chi connectivity index (χ3v) is 2.91. The molecule has 2 N–H and O–H groups in total. The predicted molar refractivity (Wildman–Crippen MR) is 74.2 cm³/mol. The van der Waals surface area contributed by atoms with Gasteiger partial charge in [0.25, 0.3) is 0 Å². The van der Waals surface area contributed by atoms with Crippen LogP contribution in [0.5, 0.6) is 11.5 Å². The zero-order valence-electron chi connectivity index (χ0n) is 11.4. The Labute approximate surface area is 124 Å². The van der Waals surface area contributed by atoms with Crippen LogP contribution in [0, 0.1) is 11.3 Å². The molecule has 0 bridgehead atoms. The minimum atomic E-state index is -4.85. The molecule has 2 aromatic carbocycles. The molecule has 0 radical (unpaired) electrons. The van der Waals surface area contributed by atoms with E-state index in [1.807, 2.05) is 0 Å². The standard InChI is InChI=1S/C15H11F3N2O2/c1-21-11-4-2-9(3-5-11)13-7-12(22-15(16,17)18)6-10(8-19)14(13)20/h2-7H,20H2,1H3. The van der Waals surface area contributed by atoms with Crippen molar-refractivity contribution in [2.24, 2.45) is 0 Å². The van der Waals surface area contributed by atoms with Gasteiger partial charge in [0.2, 0.25) is 0 Å². The van der Waals surface area contributed by atoms with Gasteiger partial charge in [-0.05, 0) is 23.8 Å². The molecule has 7 heteroatoms. The maximum atomic E-state index is 12.4. The second-order valence-corrected chi connectivity index (χ2v) is 4.32.